The van der Waals surface area contributed by atoms with Gasteiger partial charge in [-0.1, -0.05) is 12.8 Å². The van der Waals surface area contributed by atoms with Gasteiger partial charge in [0.2, 0.25) is 5.95 Å². The van der Waals surface area contributed by atoms with Crippen LogP contribution in [0.3, 0.4) is 0 Å². The molecule has 0 aliphatic carbocycles. The van der Waals surface area contributed by atoms with Gasteiger partial charge in [-0.05, 0) is 56.4 Å². The van der Waals surface area contributed by atoms with Crippen LogP contribution >= 0.6 is 0 Å². The van der Waals surface area contributed by atoms with Gasteiger partial charge in [-0.2, -0.15) is 10.1 Å². The summed E-state index contributed by atoms with van der Waals surface area (Å²) in [6.07, 6.45) is 10.2. The van der Waals surface area contributed by atoms with Gasteiger partial charge >= 0.3 is 0 Å². The maximum atomic E-state index is 12.5. The van der Waals surface area contributed by atoms with Gasteiger partial charge in [0, 0.05) is 37.6 Å². The average molecular weight is 420 g/mol. The molecule has 2 fully saturated rings. The molecule has 8 heteroatoms. The predicted octanol–water partition coefficient (Wildman–Crippen LogP) is 3.83. The molecule has 1 aromatic carbocycles. The molecule has 8 nitrogen and oxygen atoms in total. The van der Waals surface area contributed by atoms with E-state index in [-0.39, 0.29) is 5.56 Å². The van der Waals surface area contributed by atoms with Gasteiger partial charge in [-0.15, -0.1) is 0 Å². The van der Waals surface area contributed by atoms with Crippen LogP contribution in [0.4, 0.5) is 23.1 Å². The Morgan fingerprint density at radius 2 is 1.45 bits per heavy atom. The number of anilines is 4. The first-order chi connectivity index (χ1) is 15.3. The van der Waals surface area contributed by atoms with Gasteiger partial charge in [0.05, 0.1) is 6.20 Å². The molecule has 2 aromatic heterocycles. The third-order valence-electron chi connectivity index (χ3n) is 6.25. The van der Waals surface area contributed by atoms with Crippen LogP contribution in [0.2, 0.25) is 0 Å². The van der Waals surface area contributed by atoms with Gasteiger partial charge in [0.15, 0.2) is 0 Å². The molecule has 0 radical (unpaired) electrons. The van der Waals surface area contributed by atoms with Gasteiger partial charge in [-0.25, -0.2) is 10.1 Å². The second-order valence-electron chi connectivity index (χ2n) is 8.45. The van der Waals surface area contributed by atoms with Crippen molar-refractivity contribution in [2.75, 3.05) is 41.3 Å². The lowest BCUT2D eigenvalue weighted by atomic mass is 10.1. The fourth-order valence-corrected chi connectivity index (χ4v) is 4.54. The SMILES string of the molecule is O=c1[nH]ncc2nc(N3CCCCCC3)nc(Nc3ccc(N4CCCCC4)cc3)c12. The Kier molecular flexibility index (Phi) is 5.69. The predicted molar refractivity (Wildman–Crippen MR) is 124 cm³/mol. The minimum Gasteiger partial charge on any atom is -0.372 e. The highest BCUT2D eigenvalue weighted by Crippen LogP contribution is 2.27. The molecule has 5 rings (SSSR count). The summed E-state index contributed by atoms with van der Waals surface area (Å²) < 4.78 is 0. The molecule has 0 atom stereocenters. The largest absolute Gasteiger partial charge is 0.372 e. The molecule has 3 aromatic rings. The molecular formula is C23H29N7O. The third kappa shape index (κ3) is 4.33. The molecular weight excluding hydrogens is 390 g/mol. The van der Waals surface area contributed by atoms with E-state index in [2.05, 4.69) is 54.6 Å². The highest BCUT2D eigenvalue weighted by molar-refractivity contribution is 5.90. The number of fused-ring (bicyclic) bond motifs is 1. The van der Waals surface area contributed by atoms with Gasteiger partial charge in [0.1, 0.15) is 16.7 Å². The van der Waals surface area contributed by atoms with Crippen molar-refractivity contribution in [2.45, 2.75) is 44.9 Å². The van der Waals surface area contributed by atoms with Gasteiger partial charge in [0.25, 0.3) is 5.56 Å². The number of hydrogen-bond acceptors (Lipinski definition) is 7. The summed E-state index contributed by atoms with van der Waals surface area (Å²) in [4.78, 5) is 26.6. The number of aromatic amines is 1. The number of H-pyrrole nitrogens is 1. The van der Waals surface area contributed by atoms with Crippen molar-refractivity contribution < 1.29 is 0 Å². The summed E-state index contributed by atoms with van der Waals surface area (Å²) >= 11 is 0. The molecule has 0 amide bonds. The molecule has 4 heterocycles. The van der Waals surface area contributed by atoms with Crippen LogP contribution in [0.5, 0.6) is 0 Å². The fraction of sp³-hybridized carbons (Fsp3) is 0.478. The summed E-state index contributed by atoms with van der Waals surface area (Å²) in [5.74, 6) is 1.19. The number of hydrogen-bond donors (Lipinski definition) is 2. The molecule has 162 valence electrons. The monoisotopic (exact) mass is 419 g/mol. The van der Waals surface area contributed by atoms with E-state index in [0.29, 0.717) is 22.7 Å². The first-order valence-electron chi connectivity index (χ1n) is 11.4. The van der Waals surface area contributed by atoms with E-state index < -0.39 is 0 Å². The Morgan fingerprint density at radius 1 is 0.806 bits per heavy atom. The van der Waals surface area contributed by atoms with Crippen LogP contribution in [0.25, 0.3) is 10.9 Å². The summed E-state index contributed by atoms with van der Waals surface area (Å²) in [6.45, 7) is 4.11. The van der Waals surface area contributed by atoms with E-state index in [4.69, 9.17) is 4.98 Å². The molecule has 2 aliphatic rings. The van der Waals surface area contributed by atoms with Crippen LogP contribution in [-0.2, 0) is 0 Å². The van der Waals surface area contributed by atoms with E-state index in [1.54, 1.807) is 6.20 Å². The second-order valence-corrected chi connectivity index (χ2v) is 8.45. The second kappa shape index (κ2) is 8.91. The maximum Gasteiger partial charge on any atom is 0.277 e. The quantitative estimate of drug-likeness (QED) is 0.664. The fourth-order valence-electron chi connectivity index (χ4n) is 4.54. The normalized spacial score (nSPS) is 17.5. The summed E-state index contributed by atoms with van der Waals surface area (Å²) in [7, 11) is 0. The summed E-state index contributed by atoms with van der Waals surface area (Å²) in [6, 6.07) is 8.38. The zero-order valence-corrected chi connectivity index (χ0v) is 17.8. The Hall–Kier alpha value is -3.16. The van der Waals surface area contributed by atoms with Crippen LogP contribution in [-0.4, -0.2) is 46.3 Å². The number of nitrogens with zero attached hydrogens (tertiary/aromatic N) is 5. The van der Waals surface area contributed by atoms with Crippen LogP contribution < -0.4 is 20.7 Å². The zero-order valence-electron chi connectivity index (χ0n) is 17.8. The number of nitrogens with one attached hydrogen (secondary N) is 2. The molecule has 0 unspecified atom stereocenters. The first-order valence-corrected chi connectivity index (χ1v) is 11.4. The molecule has 0 saturated carbocycles. The zero-order chi connectivity index (χ0) is 21.0. The molecule has 0 bridgehead atoms. The van der Waals surface area contributed by atoms with Crippen LogP contribution in [0.15, 0.2) is 35.3 Å². The summed E-state index contributed by atoms with van der Waals surface area (Å²) in [5.41, 5.74) is 2.42. The molecule has 0 spiro atoms. The Morgan fingerprint density at radius 3 is 2.16 bits per heavy atom. The van der Waals surface area contributed by atoms with E-state index in [0.717, 1.165) is 44.7 Å². The highest BCUT2D eigenvalue weighted by Gasteiger charge is 2.18. The van der Waals surface area contributed by atoms with Crippen molar-refractivity contribution in [1.82, 2.24) is 20.2 Å². The first kappa shape index (κ1) is 19.8. The van der Waals surface area contributed by atoms with Crippen LogP contribution in [0, 0.1) is 0 Å². The Labute approximate surface area is 181 Å². The van der Waals surface area contributed by atoms with Crippen molar-refractivity contribution in [1.29, 1.82) is 0 Å². The minimum absolute atomic E-state index is 0.285. The van der Waals surface area contributed by atoms with Crippen molar-refractivity contribution in [3.8, 4) is 0 Å². The smallest absolute Gasteiger partial charge is 0.277 e. The van der Waals surface area contributed by atoms with Crippen molar-refractivity contribution in [3.63, 3.8) is 0 Å². The topological polar surface area (TPSA) is 90.0 Å². The van der Waals surface area contributed by atoms with E-state index in [1.165, 1.54) is 37.8 Å². The Balaban J connectivity index is 1.47. The van der Waals surface area contributed by atoms with Gasteiger partial charge in [-0.3, -0.25) is 4.79 Å². The van der Waals surface area contributed by atoms with Gasteiger partial charge < -0.3 is 15.1 Å². The average Bonchev–Trinajstić information content (AvgIpc) is 3.10. The number of rotatable bonds is 4. The van der Waals surface area contributed by atoms with Crippen molar-refractivity contribution >= 4 is 34.0 Å². The number of piperidine rings is 1. The lowest BCUT2D eigenvalue weighted by Crippen LogP contribution is -2.29. The van der Waals surface area contributed by atoms with E-state index in [1.807, 2.05) is 0 Å². The number of aromatic nitrogens is 4. The highest BCUT2D eigenvalue weighted by atomic mass is 16.1. The molecule has 2 N–H and O–H groups in total. The van der Waals surface area contributed by atoms with Crippen molar-refractivity contribution in [2.24, 2.45) is 0 Å². The third-order valence-corrected chi connectivity index (χ3v) is 6.25. The summed E-state index contributed by atoms with van der Waals surface area (Å²) in [5, 5.41) is 10.3. The lowest BCUT2D eigenvalue weighted by molar-refractivity contribution is 0.578. The van der Waals surface area contributed by atoms with E-state index in [9.17, 15) is 4.79 Å². The lowest BCUT2D eigenvalue weighted by Gasteiger charge is -2.28. The molecule has 2 aliphatic heterocycles. The van der Waals surface area contributed by atoms with Crippen molar-refractivity contribution in [3.05, 3.63) is 40.8 Å². The number of benzene rings is 1. The minimum atomic E-state index is -0.285. The van der Waals surface area contributed by atoms with Crippen LogP contribution in [0.1, 0.15) is 44.9 Å². The molecule has 31 heavy (non-hydrogen) atoms. The Bertz CT molecular complexity index is 1080. The van der Waals surface area contributed by atoms with E-state index >= 15 is 0 Å². The standard InChI is InChI=1S/C23H29N7O/c31-22-20-19(16-24-28-22)26-23(30-14-4-1-2-5-15-30)27-21(20)25-17-8-10-18(11-9-17)29-12-6-3-7-13-29/h8-11,16H,1-7,12-15H2,(H,28,31)(H,25,26,27). The molecule has 2 saturated heterocycles. The maximum absolute atomic E-state index is 12.5.